The maximum atomic E-state index is 13.6. The zero-order valence-corrected chi connectivity index (χ0v) is 35.8. The van der Waals surface area contributed by atoms with Gasteiger partial charge in [0.15, 0.2) is 0 Å². The zero-order valence-electron chi connectivity index (χ0n) is 35.0. The molecular weight excluding hydrogens is 788 g/mol. The molecule has 0 fully saturated rings. The third kappa shape index (κ3) is 14.3. The number of amides is 2. The van der Waals surface area contributed by atoms with Crippen LogP contribution in [-0.2, 0) is 20.6 Å². The molecule has 0 saturated carbocycles. The summed E-state index contributed by atoms with van der Waals surface area (Å²) < 4.78 is 21.6. The molecule has 6 rings (SSSR count). The van der Waals surface area contributed by atoms with Crippen molar-refractivity contribution in [1.82, 2.24) is 9.97 Å². The summed E-state index contributed by atoms with van der Waals surface area (Å²) in [4.78, 5) is 35.8. The van der Waals surface area contributed by atoms with Crippen LogP contribution in [0.25, 0.3) is 21.8 Å². The lowest BCUT2D eigenvalue weighted by Crippen LogP contribution is -2.29. The van der Waals surface area contributed by atoms with Gasteiger partial charge in [0, 0.05) is 42.4 Å². The van der Waals surface area contributed by atoms with Crippen molar-refractivity contribution in [1.29, 1.82) is 0 Å². The molecule has 0 aliphatic carbocycles. The number of nitrogens with one attached hydrogen (secondary N) is 2. The first kappa shape index (κ1) is 48.8. The number of carbonyl (C=O) groups excluding carboxylic acids is 2. The van der Waals surface area contributed by atoms with E-state index in [4.69, 9.17) is 29.2 Å². The Morgan fingerprint density at radius 1 is 0.933 bits per heavy atom. The Morgan fingerprint density at radius 3 is 2.25 bits per heavy atom. The summed E-state index contributed by atoms with van der Waals surface area (Å²) in [5.74, 6) is 0.230. The average Bonchev–Trinajstić information content (AvgIpc) is 3.89. The Morgan fingerprint density at radius 2 is 1.60 bits per heavy atom. The van der Waals surface area contributed by atoms with Crippen molar-refractivity contribution >= 4 is 56.6 Å². The van der Waals surface area contributed by atoms with Crippen LogP contribution in [0.15, 0.2) is 103 Å². The molecule has 0 saturated heterocycles. The number of fused-ring (bicyclic) bond motifs is 4. The van der Waals surface area contributed by atoms with Gasteiger partial charge in [-0.25, -0.2) is 4.98 Å². The number of pyridine rings is 1. The van der Waals surface area contributed by atoms with E-state index >= 15 is 0 Å². The molecule has 0 unspecified atom stereocenters. The predicted molar refractivity (Wildman–Crippen MR) is 240 cm³/mol. The Bertz CT molecular complexity index is 2180. The first-order valence-electron chi connectivity index (χ1n) is 19.4. The van der Waals surface area contributed by atoms with Gasteiger partial charge in [0.05, 0.1) is 63.8 Å². The van der Waals surface area contributed by atoms with Crippen molar-refractivity contribution in [3.8, 4) is 11.5 Å². The van der Waals surface area contributed by atoms with E-state index in [0.717, 1.165) is 29.0 Å². The molecule has 60 heavy (non-hydrogen) atoms. The molecule has 0 atom stereocenters. The van der Waals surface area contributed by atoms with E-state index in [2.05, 4.69) is 47.3 Å². The number of phenols is 1. The van der Waals surface area contributed by atoms with Gasteiger partial charge < -0.3 is 49.5 Å². The molecule has 1 aliphatic rings. The number of aliphatic hydroxyl groups is 2. The number of carbonyl (C=O) groups is 2. The van der Waals surface area contributed by atoms with Crippen molar-refractivity contribution in [2.45, 2.75) is 27.2 Å². The van der Waals surface area contributed by atoms with Gasteiger partial charge >= 0.3 is 0 Å². The van der Waals surface area contributed by atoms with E-state index in [1.54, 1.807) is 53.4 Å². The Balaban J connectivity index is 0.000000711. The van der Waals surface area contributed by atoms with Crippen LogP contribution in [0.3, 0.4) is 0 Å². The number of nitrogens with zero attached hydrogens (tertiary/aromatic N) is 2. The van der Waals surface area contributed by atoms with E-state index in [1.807, 2.05) is 43.4 Å². The number of allylic oxidation sites excluding steroid dienone is 5. The molecule has 14 heteroatoms. The molecule has 13 nitrogen and oxygen atoms in total. The number of aromatic amines is 1. The summed E-state index contributed by atoms with van der Waals surface area (Å²) in [6.45, 7) is 13.0. The second-order valence-electron chi connectivity index (χ2n) is 13.2. The van der Waals surface area contributed by atoms with E-state index in [1.165, 1.54) is 18.2 Å². The van der Waals surface area contributed by atoms with Crippen LogP contribution in [0.4, 0.5) is 11.4 Å². The molecule has 2 amide bonds. The quantitative estimate of drug-likeness (QED) is 0.0353. The van der Waals surface area contributed by atoms with Gasteiger partial charge in [-0.3, -0.25) is 9.59 Å². The normalized spacial score (nSPS) is 11.4. The summed E-state index contributed by atoms with van der Waals surface area (Å²) in [5.41, 5.74) is 5.96. The van der Waals surface area contributed by atoms with Gasteiger partial charge in [-0.1, -0.05) is 54.7 Å². The highest BCUT2D eigenvalue weighted by Gasteiger charge is 2.29. The Hall–Kier alpha value is -5.54. The smallest absolute Gasteiger partial charge is 0.274 e. The zero-order chi connectivity index (χ0) is 43.9. The van der Waals surface area contributed by atoms with Crippen molar-refractivity contribution in [3.63, 3.8) is 0 Å². The largest absolute Gasteiger partial charge is 0.507 e. The minimum Gasteiger partial charge on any atom is -0.507 e. The summed E-state index contributed by atoms with van der Waals surface area (Å²) >= 11 is 4.64. The summed E-state index contributed by atoms with van der Waals surface area (Å²) in [6, 6.07) is 17.8. The predicted octanol–water partition coefficient (Wildman–Crippen LogP) is 7.76. The standard InChI is InChI=1S/C36H38N4O8.C8H12.CH3Cl.CH4O/c1-23-3-2-4-29-32(42)21-31-28(33(23)29)9-10-40(31)36(44)30-20-25-19-26(22-37-34(25)39-30)38-35(43)24-5-7-27(8-6-24)48-18-17-47-16-15-46-14-13-45-12-11-41;1-4-5-6-7-8(2)3;2*1-2/h2-8,19-22,41-42H,9-18H2,1H3,(H,37,39)(H,38,43);4-7H,1H2,2-3H3;1H3;2H,1H3/b;6-5-;;. The maximum absolute atomic E-state index is 13.6. The minimum absolute atomic E-state index is 0.00291. The van der Waals surface area contributed by atoms with Crippen LogP contribution < -0.4 is 15.0 Å². The lowest BCUT2D eigenvalue weighted by atomic mass is 9.97. The molecule has 5 aromatic rings. The third-order valence-electron chi connectivity index (χ3n) is 8.78. The van der Waals surface area contributed by atoms with Gasteiger partial charge in [-0.15, -0.1) is 11.6 Å². The maximum Gasteiger partial charge on any atom is 0.274 e. The van der Waals surface area contributed by atoms with E-state index in [9.17, 15) is 14.7 Å². The fourth-order valence-corrected chi connectivity index (χ4v) is 6.15. The summed E-state index contributed by atoms with van der Waals surface area (Å²) in [7, 11) is 1.00. The van der Waals surface area contributed by atoms with Gasteiger partial charge in [0.2, 0.25) is 0 Å². The number of aromatic hydroxyl groups is 1. The highest BCUT2D eigenvalue weighted by atomic mass is 35.5. The SMILES string of the molecule is C=C/C=C\C=C(C)C.CCl.CO.Cc1cccc2c(O)cc3c(c12)CCN3C(=O)c1cc2cc(NC(=O)c3ccc(OCCOCCOCCOCCO)cc3)cnc2[nH]1. The molecule has 1 aliphatic heterocycles. The Kier molecular flexibility index (Phi) is 21.6. The highest BCUT2D eigenvalue weighted by molar-refractivity contribution is 6.15. The van der Waals surface area contributed by atoms with Crippen LogP contribution in [-0.4, -0.2) is 110 Å². The van der Waals surface area contributed by atoms with Crippen LogP contribution in [0.1, 0.15) is 45.8 Å². The second kappa shape index (κ2) is 26.5. The summed E-state index contributed by atoms with van der Waals surface area (Å²) in [5, 5.41) is 31.7. The molecule has 3 aromatic carbocycles. The lowest BCUT2D eigenvalue weighted by Gasteiger charge is -2.18. The van der Waals surface area contributed by atoms with Gasteiger partial charge in [0.25, 0.3) is 11.8 Å². The van der Waals surface area contributed by atoms with Crippen LogP contribution in [0.5, 0.6) is 11.5 Å². The van der Waals surface area contributed by atoms with Gasteiger partial charge in [-0.05, 0) is 80.1 Å². The first-order chi connectivity index (χ1) is 29.2. The molecule has 2 aromatic heterocycles. The third-order valence-corrected chi connectivity index (χ3v) is 8.78. The lowest BCUT2D eigenvalue weighted by molar-refractivity contribution is 0.00361. The average molecular weight is 845 g/mol. The number of aryl methyl sites for hydroxylation is 1. The first-order valence-corrected chi connectivity index (χ1v) is 20.1. The van der Waals surface area contributed by atoms with E-state index < -0.39 is 0 Å². The molecule has 0 radical (unpaired) electrons. The number of hydrogen-bond donors (Lipinski definition) is 5. The number of hydrogen-bond acceptors (Lipinski definition) is 10. The van der Waals surface area contributed by atoms with Crippen LogP contribution >= 0.6 is 11.6 Å². The highest BCUT2D eigenvalue weighted by Crippen LogP contribution is 2.41. The van der Waals surface area contributed by atoms with E-state index in [-0.39, 0.29) is 24.2 Å². The molecule has 0 spiro atoms. The van der Waals surface area contributed by atoms with Gasteiger partial charge in [-0.2, -0.15) is 0 Å². The summed E-state index contributed by atoms with van der Waals surface area (Å²) in [6.07, 6.45) is 11.4. The number of alkyl halides is 1. The molecular formula is C46H57ClN4O9. The number of rotatable bonds is 17. The number of aliphatic hydroxyl groups excluding tert-OH is 2. The Labute approximate surface area is 356 Å². The molecule has 0 bridgehead atoms. The topological polar surface area (TPSA) is 176 Å². The molecule has 3 heterocycles. The molecule has 322 valence electrons. The van der Waals surface area contributed by atoms with Crippen molar-refractivity contribution in [3.05, 3.63) is 126 Å². The van der Waals surface area contributed by atoms with Crippen LogP contribution in [0.2, 0.25) is 0 Å². The number of halogens is 1. The fraction of sp³-hybridized carbons (Fsp3) is 0.326. The number of ether oxygens (including phenoxy) is 4. The minimum atomic E-state index is -0.310. The van der Waals surface area contributed by atoms with Crippen molar-refractivity contribution < 1.29 is 43.9 Å². The second-order valence-corrected chi connectivity index (χ2v) is 13.2. The molecule has 5 N–H and O–H groups in total. The van der Waals surface area contributed by atoms with Crippen molar-refractivity contribution in [2.24, 2.45) is 0 Å². The van der Waals surface area contributed by atoms with Gasteiger partial charge in [0.1, 0.15) is 29.4 Å². The number of aromatic nitrogens is 2. The van der Waals surface area contributed by atoms with E-state index in [0.29, 0.717) is 98.6 Å². The number of phenolic OH excluding ortho intramolecular Hbond substituents is 1. The number of anilines is 2. The monoisotopic (exact) mass is 844 g/mol. The van der Waals surface area contributed by atoms with Crippen molar-refractivity contribution in [2.75, 3.05) is 83.1 Å². The fourth-order valence-electron chi connectivity index (χ4n) is 6.15. The number of benzene rings is 3. The number of H-pyrrole nitrogens is 1. The van der Waals surface area contributed by atoms with Crippen LogP contribution in [0, 0.1) is 6.92 Å².